The SMILES string of the molecule is Cc1cc(C(=O)N2CCCCC2)cc(S(N)(=O)=O)c1. The summed E-state index contributed by atoms with van der Waals surface area (Å²) in [6, 6.07) is 4.53. The van der Waals surface area contributed by atoms with Gasteiger partial charge in [0.1, 0.15) is 0 Å². The van der Waals surface area contributed by atoms with Crippen molar-refractivity contribution in [1.29, 1.82) is 0 Å². The molecular formula is C13H18N2O3S. The number of likely N-dealkylation sites (tertiary alicyclic amines) is 1. The summed E-state index contributed by atoms with van der Waals surface area (Å²) in [5.74, 6) is -0.117. The molecule has 1 fully saturated rings. The minimum Gasteiger partial charge on any atom is -0.339 e. The molecule has 0 aliphatic carbocycles. The largest absolute Gasteiger partial charge is 0.339 e. The van der Waals surface area contributed by atoms with Crippen LogP contribution in [0.25, 0.3) is 0 Å². The molecule has 1 heterocycles. The number of nitrogens with two attached hydrogens (primary N) is 1. The quantitative estimate of drug-likeness (QED) is 0.887. The number of hydrogen-bond donors (Lipinski definition) is 1. The van der Waals surface area contributed by atoms with E-state index in [0.717, 1.165) is 32.4 Å². The standard InChI is InChI=1S/C13H18N2O3S/c1-10-7-11(9-12(8-10)19(14,17)18)13(16)15-5-3-2-4-6-15/h7-9H,2-6H2,1H3,(H2,14,17,18). The number of carbonyl (C=O) groups excluding carboxylic acids is 1. The Kier molecular flexibility index (Phi) is 3.91. The fourth-order valence-corrected chi connectivity index (χ4v) is 2.96. The Morgan fingerprint density at radius 2 is 1.79 bits per heavy atom. The molecule has 0 bridgehead atoms. The number of aryl methyl sites for hydroxylation is 1. The zero-order chi connectivity index (χ0) is 14.0. The maximum atomic E-state index is 12.3. The van der Waals surface area contributed by atoms with Gasteiger partial charge in [0.15, 0.2) is 0 Å². The van der Waals surface area contributed by atoms with Gasteiger partial charge in [-0.15, -0.1) is 0 Å². The number of nitrogens with zero attached hydrogens (tertiary/aromatic N) is 1. The Morgan fingerprint density at radius 3 is 2.37 bits per heavy atom. The predicted molar refractivity (Wildman–Crippen MR) is 72.3 cm³/mol. The first-order valence-electron chi connectivity index (χ1n) is 6.32. The third-order valence-electron chi connectivity index (χ3n) is 3.27. The number of hydrogen-bond acceptors (Lipinski definition) is 3. The average Bonchev–Trinajstić information content (AvgIpc) is 2.37. The minimum atomic E-state index is -3.78. The van der Waals surface area contributed by atoms with Gasteiger partial charge in [0, 0.05) is 18.7 Å². The highest BCUT2D eigenvalue weighted by Gasteiger charge is 2.20. The van der Waals surface area contributed by atoms with Crippen molar-refractivity contribution in [2.75, 3.05) is 13.1 Å². The van der Waals surface area contributed by atoms with Crippen LogP contribution in [0, 0.1) is 6.92 Å². The molecule has 1 aromatic carbocycles. The monoisotopic (exact) mass is 282 g/mol. The first kappa shape index (κ1) is 14.0. The van der Waals surface area contributed by atoms with Crippen LogP contribution in [0.4, 0.5) is 0 Å². The van der Waals surface area contributed by atoms with E-state index in [1.807, 2.05) is 0 Å². The van der Waals surface area contributed by atoms with Crippen molar-refractivity contribution in [3.8, 4) is 0 Å². The van der Waals surface area contributed by atoms with Crippen LogP contribution in [0.5, 0.6) is 0 Å². The Bertz CT molecular complexity index is 590. The molecule has 0 unspecified atom stereocenters. The Hall–Kier alpha value is -1.40. The van der Waals surface area contributed by atoms with Crippen molar-refractivity contribution in [2.24, 2.45) is 5.14 Å². The van der Waals surface area contributed by atoms with Crippen molar-refractivity contribution in [1.82, 2.24) is 4.90 Å². The molecule has 1 amide bonds. The molecule has 1 saturated heterocycles. The highest BCUT2D eigenvalue weighted by atomic mass is 32.2. The summed E-state index contributed by atoms with van der Waals surface area (Å²) >= 11 is 0. The van der Waals surface area contributed by atoms with Gasteiger partial charge in [-0.25, -0.2) is 13.6 Å². The molecule has 0 radical (unpaired) electrons. The molecule has 19 heavy (non-hydrogen) atoms. The second kappa shape index (κ2) is 5.30. The highest BCUT2D eigenvalue weighted by molar-refractivity contribution is 7.89. The molecule has 2 rings (SSSR count). The molecule has 0 saturated carbocycles. The lowest BCUT2D eigenvalue weighted by molar-refractivity contribution is 0.0724. The van der Waals surface area contributed by atoms with E-state index in [-0.39, 0.29) is 10.8 Å². The van der Waals surface area contributed by atoms with Crippen molar-refractivity contribution < 1.29 is 13.2 Å². The molecule has 5 nitrogen and oxygen atoms in total. The van der Waals surface area contributed by atoms with Gasteiger partial charge in [0.05, 0.1) is 4.90 Å². The van der Waals surface area contributed by atoms with E-state index in [2.05, 4.69) is 0 Å². The van der Waals surface area contributed by atoms with Crippen LogP contribution >= 0.6 is 0 Å². The molecule has 0 atom stereocenters. The van der Waals surface area contributed by atoms with Crippen molar-refractivity contribution in [3.63, 3.8) is 0 Å². The lowest BCUT2D eigenvalue weighted by atomic mass is 10.1. The maximum absolute atomic E-state index is 12.3. The average molecular weight is 282 g/mol. The number of carbonyl (C=O) groups is 1. The molecule has 1 aromatic rings. The number of benzene rings is 1. The van der Waals surface area contributed by atoms with E-state index in [9.17, 15) is 13.2 Å². The summed E-state index contributed by atoms with van der Waals surface area (Å²) in [7, 11) is -3.78. The van der Waals surface area contributed by atoms with Crippen LogP contribution < -0.4 is 5.14 Å². The third kappa shape index (κ3) is 3.33. The first-order chi connectivity index (χ1) is 8.88. The number of piperidine rings is 1. The lowest BCUT2D eigenvalue weighted by Crippen LogP contribution is -2.35. The van der Waals surface area contributed by atoms with Crippen LogP contribution in [0.2, 0.25) is 0 Å². The van der Waals surface area contributed by atoms with E-state index in [1.54, 1.807) is 17.9 Å². The van der Waals surface area contributed by atoms with Crippen LogP contribution in [-0.2, 0) is 10.0 Å². The normalized spacial score (nSPS) is 16.4. The second-order valence-corrected chi connectivity index (χ2v) is 6.49. The summed E-state index contributed by atoms with van der Waals surface area (Å²) in [5, 5.41) is 5.12. The zero-order valence-corrected chi connectivity index (χ0v) is 11.7. The van der Waals surface area contributed by atoms with Crippen LogP contribution in [0.15, 0.2) is 23.1 Å². The van der Waals surface area contributed by atoms with Gasteiger partial charge in [-0.2, -0.15) is 0 Å². The number of sulfonamides is 1. The molecule has 0 spiro atoms. The smallest absolute Gasteiger partial charge is 0.253 e. The predicted octanol–water partition coefficient (Wildman–Crippen LogP) is 1.27. The molecule has 1 aliphatic rings. The van der Waals surface area contributed by atoms with Crippen molar-refractivity contribution in [2.45, 2.75) is 31.1 Å². The van der Waals surface area contributed by atoms with Crippen molar-refractivity contribution >= 4 is 15.9 Å². The van der Waals surface area contributed by atoms with Gasteiger partial charge in [-0.3, -0.25) is 4.79 Å². The molecule has 2 N–H and O–H groups in total. The van der Waals surface area contributed by atoms with Gasteiger partial charge >= 0.3 is 0 Å². The molecule has 0 aromatic heterocycles. The van der Waals surface area contributed by atoms with Gasteiger partial charge in [-0.1, -0.05) is 0 Å². The van der Waals surface area contributed by atoms with Crippen LogP contribution in [0.3, 0.4) is 0 Å². The maximum Gasteiger partial charge on any atom is 0.253 e. The fourth-order valence-electron chi connectivity index (χ4n) is 2.32. The summed E-state index contributed by atoms with van der Waals surface area (Å²) in [6.07, 6.45) is 3.14. The van der Waals surface area contributed by atoms with Crippen LogP contribution in [0.1, 0.15) is 35.2 Å². The van der Waals surface area contributed by atoms with E-state index >= 15 is 0 Å². The first-order valence-corrected chi connectivity index (χ1v) is 7.86. The summed E-state index contributed by atoms with van der Waals surface area (Å²) in [6.45, 7) is 3.22. The summed E-state index contributed by atoms with van der Waals surface area (Å²) < 4.78 is 22.8. The second-order valence-electron chi connectivity index (χ2n) is 4.93. The molecule has 104 valence electrons. The fraction of sp³-hybridized carbons (Fsp3) is 0.462. The molecule has 6 heteroatoms. The molecule has 1 aliphatic heterocycles. The number of primary sulfonamides is 1. The third-order valence-corrected chi connectivity index (χ3v) is 4.16. The van der Waals surface area contributed by atoms with E-state index in [0.29, 0.717) is 11.1 Å². The van der Waals surface area contributed by atoms with E-state index in [1.165, 1.54) is 12.1 Å². The lowest BCUT2D eigenvalue weighted by Gasteiger charge is -2.27. The Morgan fingerprint density at radius 1 is 1.16 bits per heavy atom. The topological polar surface area (TPSA) is 80.5 Å². The Labute approximate surface area is 113 Å². The summed E-state index contributed by atoms with van der Waals surface area (Å²) in [5.41, 5.74) is 1.11. The highest BCUT2D eigenvalue weighted by Crippen LogP contribution is 2.17. The van der Waals surface area contributed by atoms with E-state index < -0.39 is 10.0 Å². The minimum absolute atomic E-state index is 0.00661. The van der Waals surface area contributed by atoms with Crippen LogP contribution in [-0.4, -0.2) is 32.3 Å². The summed E-state index contributed by atoms with van der Waals surface area (Å²) in [4.78, 5) is 14.1. The van der Waals surface area contributed by atoms with Gasteiger partial charge in [0.25, 0.3) is 5.91 Å². The number of rotatable bonds is 2. The van der Waals surface area contributed by atoms with E-state index in [4.69, 9.17) is 5.14 Å². The number of amides is 1. The molecular weight excluding hydrogens is 264 g/mol. The van der Waals surface area contributed by atoms with Gasteiger partial charge in [0.2, 0.25) is 10.0 Å². The van der Waals surface area contributed by atoms with Gasteiger partial charge < -0.3 is 4.90 Å². The Balaban J connectivity index is 2.34. The van der Waals surface area contributed by atoms with Crippen molar-refractivity contribution in [3.05, 3.63) is 29.3 Å². The zero-order valence-electron chi connectivity index (χ0n) is 10.9. The van der Waals surface area contributed by atoms with Gasteiger partial charge in [-0.05, 0) is 49.9 Å².